The van der Waals surface area contributed by atoms with E-state index in [0.29, 0.717) is 12.6 Å². The van der Waals surface area contributed by atoms with E-state index in [0.717, 1.165) is 22.1 Å². The van der Waals surface area contributed by atoms with Gasteiger partial charge in [0.15, 0.2) is 6.54 Å². The van der Waals surface area contributed by atoms with Gasteiger partial charge in [0.05, 0.1) is 0 Å². The number of nitrogens with one attached hydrogen (secondary N) is 1. The van der Waals surface area contributed by atoms with Crippen molar-refractivity contribution >= 4 is 27.5 Å². The Hall–Kier alpha value is -1.65. The van der Waals surface area contributed by atoms with E-state index in [1.165, 1.54) is 5.56 Å². The molecule has 1 amide bonds. The Balaban J connectivity index is 1.91. The Morgan fingerprint density at radius 3 is 2.50 bits per heavy atom. The molecule has 0 fully saturated rings. The fraction of sp³-hybridized carbons (Fsp3) is 0.278. The van der Waals surface area contributed by atoms with E-state index in [2.05, 4.69) is 45.6 Å². The van der Waals surface area contributed by atoms with Crippen LogP contribution in [0, 0.1) is 6.92 Å². The summed E-state index contributed by atoms with van der Waals surface area (Å²) in [5.41, 5.74) is 3.21. The van der Waals surface area contributed by atoms with Crippen LogP contribution in [0.4, 0.5) is 5.69 Å². The minimum absolute atomic E-state index is 0.0323. The molecule has 0 unspecified atom stereocenters. The molecule has 0 radical (unpaired) electrons. The molecule has 0 saturated carbocycles. The van der Waals surface area contributed by atoms with Crippen LogP contribution in [0.1, 0.15) is 30.5 Å². The number of para-hydroxylation sites is 1. The van der Waals surface area contributed by atoms with Crippen LogP contribution in [0.2, 0.25) is 0 Å². The molecule has 0 aliphatic heterocycles. The summed E-state index contributed by atoms with van der Waals surface area (Å²) in [6.45, 7) is 4.56. The number of carbonyl (C=O) groups excluding carboxylic acids is 1. The lowest BCUT2D eigenvalue weighted by molar-refractivity contribution is -0.686. The first kappa shape index (κ1) is 16.7. The number of halogens is 1. The quantitative estimate of drug-likeness (QED) is 0.813. The molecule has 0 aromatic heterocycles. The van der Waals surface area contributed by atoms with E-state index in [1.807, 2.05) is 43.3 Å². The molecule has 2 aromatic carbocycles. The predicted octanol–water partition coefficient (Wildman–Crippen LogP) is 3.41. The maximum atomic E-state index is 12.1. The van der Waals surface area contributed by atoms with Crippen molar-refractivity contribution in [2.75, 3.05) is 11.9 Å². The number of aryl methyl sites for hydroxylation is 1. The van der Waals surface area contributed by atoms with E-state index in [9.17, 15) is 4.79 Å². The summed E-state index contributed by atoms with van der Waals surface area (Å²) in [6, 6.07) is 16.4. The van der Waals surface area contributed by atoms with Crippen molar-refractivity contribution in [3.05, 3.63) is 64.1 Å². The van der Waals surface area contributed by atoms with Crippen LogP contribution < -0.4 is 10.6 Å². The second-order valence-electron chi connectivity index (χ2n) is 5.37. The van der Waals surface area contributed by atoms with Crippen molar-refractivity contribution in [1.82, 2.24) is 0 Å². The molecule has 1 atom stereocenters. The Morgan fingerprint density at radius 2 is 1.86 bits per heavy atom. The van der Waals surface area contributed by atoms with Gasteiger partial charge in [0.1, 0.15) is 6.04 Å². The molecule has 3 nitrogen and oxygen atoms in total. The first-order chi connectivity index (χ1) is 10.6. The third-order valence-corrected chi connectivity index (χ3v) is 4.27. The van der Waals surface area contributed by atoms with Crippen LogP contribution in [-0.4, -0.2) is 12.5 Å². The fourth-order valence-electron chi connectivity index (χ4n) is 2.41. The molecular weight excluding hydrogens is 340 g/mol. The average molecular weight is 362 g/mol. The summed E-state index contributed by atoms with van der Waals surface area (Å²) in [7, 11) is 0. The summed E-state index contributed by atoms with van der Waals surface area (Å²) in [6.07, 6.45) is 0.985. The zero-order chi connectivity index (χ0) is 15.9. The highest BCUT2D eigenvalue weighted by Crippen LogP contribution is 2.16. The molecule has 0 bridgehead atoms. The molecule has 2 aromatic rings. The number of benzene rings is 2. The smallest absolute Gasteiger partial charge is 0.279 e. The van der Waals surface area contributed by atoms with Gasteiger partial charge in [-0.1, -0.05) is 53.2 Å². The van der Waals surface area contributed by atoms with Crippen LogP contribution >= 0.6 is 15.9 Å². The lowest BCUT2D eigenvalue weighted by Gasteiger charge is -2.14. The van der Waals surface area contributed by atoms with Crippen LogP contribution in [0.15, 0.2) is 53.0 Å². The summed E-state index contributed by atoms with van der Waals surface area (Å²) < 4.78 is 1.07. The Labute approximate surface area is 140 Å². The van der Waals surface area contributed by atoms with Crippen molar-refractivity contribution in [3.63, 3.8) is 0 Å². The maximum Gasteiger partial charge on any atom is 0.279 e. The van der Waals surface area contributed by atoms with Crippen LogP contribution in [-0.2, 0) is 4.79 Å². The minimum Gasteiger partial charge on any atom is -0.332 e. The normalized spacial score (nSPS) is 12.0. The van der Waals surface area contributed by atoms with Gasteiger partial charge < -0.3 is 10.6 Å². The second-order valence-corrected chi connectivity index (χ2v) is 6.28. The molecule has 22 heavy (non-hydrogen) atoms. The molecular formula is C18H22BrN2O+. The van der Waals surface area contributed by atoms with Crippen LogP contribution in [0.25, 0.3) is 0 Å². The van der Waals surface area contributed by atoms with Gasteiger partial charge in [0.2, 0.25) is 0 Å². The van der Waals surface area contributed by atoms with Gasteiger partial charge in [-0.05, 0) is 30.7 Å². The minimum atomic E-state index is 0.0323. The highest BCUT2D eigenvalue weighted by molar-refractivity contribution is 9.10. The summed E-state index contributed by atoms with van der Waals surface area (Å²) in [5.74, 6) is 0.0323. The van der Waals surface area contributed by atoms with Gasteiger partial charge >= 0.3 is 0 Å². The predicted molar refractivity (Wildman–Crippen MR) is 93.8 cm³/mol. The van der Waals surface area contributed by atoms with Gasteiger partial charge in [-0.15, -0.1) is 0 Å². The van der Waals surface area contributed by atoms with Gasteiger partial charge in [-0.2, -0.15) is 0 Å². The lowest BCUT2D eigenvalue weighted by atomic mass is 10.0. The van der Waals surface area contributed by atoms with E-state index in [1.54, 1.807) is 0 Å². The first-order valence-corrected chi connectivity index (χ1v) is 8.33. The number of hydrogen-bond acceptors (Lipinski definition) is 1. The number of quaternary nitrogens is 1. The number of nitrogens with two attached hydrogens (primary N) is 1. The Morgan fingerprint density at radius 1 is 1.18 bits per heavy atom. The molecule has 0 aliphatic rings. The van der Waals surface area contributed by atoms with E-state index >= 15 is 0 Å². The summed E-state index contributed by atoms with van der Waals surface area (Å²) in [4.78, 5) is 12.1. The number of anilines is 1. The fourth-order valence-corrected chi connectivity index (χ4v) is 2.68. The molecule has 0 aliphatic carbocycles. The molecule has 0 spiro atoms. The SMILES string of the molecule is CC[C@@H]([NH2+]CC(=O)Nc1ccccc1C)c1ccc(Br)cc1. The van der Waals surface area contributed by atoms with E-state index in [4.69, 9.17) is 0 Å². The van der Waals surface area contributed by atoms with Gasteiger partial charge in [-0.3, -0.25) is 4.79 Å². The second kappa shape index (κ2) is 8.11. The molecule has 3 N–H and O–H groups in total. The lowest BCUT2D eigenvalue weighted by Crippen LogP contribution is -2.87. The highest BCUT2D eigenvalue weighted by Gasteiger charge is 2.15. The van der Waals surface area contributed by atoms with E-state index in [-0.39, 0.29) is 5.91 Å². The standard InChI is InChI=1S/C18H21BrN2O/c1-3-16(14-8-10-15(19)11-9-14)20-12-18(22)21-17-7-5-4-6-13(17)2/h4-11,16,20H,3,12H2,1-2H3,(H,21,22)/p+1/t16-/m1/s1. The third kappa shape index (κ3) is 4.68. The molecule has 116 valence electrons. The molecule has 4 heteroatoms. The van der Waals surface area contributed by atoms with Gasteiger partial charge in [-0.25, -0.2) is 0 Å². The van der Waals surface area contributed by atoms with E-state index < -0.39 is 0 Å². The average Bonchev–Trinajstić information content (AvgIpc) is 2.52. The number of amides is 1. The van der Waals surface area contributed by atoms with Crippen LogP contribution in [0.3, 0.4) is 0 Å². The summed E-state index contributed by atoms with van der Waals surface area (Å²) in [5, 5.41) is 5.07. The first-order valence-electron chi connectivity index (χ1n) is 7.54. The number of rotatable bonds is 6. The van der Waals surface area contributed by atoms with Crippen molar-refractivity contribution in [2.24, 2.45) is 0 Å². The number of carbonyl (C=O) groups is 1. The largest absolute Gasteiger partial charge is 0.332 e. The summed E-state index contributed by atoms with van der Waals surface area (Å²) >= 11 is 3.45. The van der Waals surface area contributed by atoms with Crippen molar-refractivity contribution in [2.45, 2.75) is 26.3 Å². The Kier molecular flexibility index (Phi) is 6.16. The van der Waals surface area contributed by atoms with Crippen molar-refractivity contribution in [1.29, 1.82) is 0 Å². The number of hydrogen-bond donors (Lipinski definition) is 2. The zero-order valence-corrected chi connectivity index (χ0v) is 14.6. The zero-order valence-electron chi connectivity index (χ0n) is 13.0. The van der Waals surface area contributed by atoms with Crippen LogP contribution in [0.5, 0.6) is 0 Å². The molecule has 0 heterocycles. The van der Waals surface area contributed by atoms with Crippen molar-refractivity contribution in [3.8, 4) is 0 Å². The van der Waals surface area contributed by atoms with Gasteiger partial charge in [0.25, 0.3) is 5.91 Å². The molecule has 2 rings (SSSR count). The monoisotopic (exact) mass is 361 g/mol. The maximum absolute atomic E-state index is 12.1. The third-order valence-electron chi connectivity index (χ3n) is 3.74. The highest BCUT2D eigenvalue weighted by atomic mass is 79.9. The topological polar surface area (TPSA) is 45.7 Å². The Bertz CT molecular complexity index is 625. The molecule has 0 saturated heterocycles. The van der Waals surface area contributed by atoms with Gasteiger partial charge in [0, 0.05) is 22.1 Å². The van der Waals surface area contributed by atoms with Crippen molar-refractivity contribution < 1.29 is 10.1 Å².